The molecule has 0 saturated carbocycles. The molecule has 1 heterocycles. The summed E-state index contributed by atoms with van der Waals surface area (Å²) in [7, 11) is 0. The summed E-state index contributed by atoms with van der Waals surface area (Å²) in [5, 5.41) is 7.98. The molecular formula is C19H16CuN4S+2. The zero-order valence-electron chi connectivity index (χ0n) is 13.2. The molecule has 0 amide bonds. The minimum atomic E-state index is 0. The van der Waals surface area contributed by atoms with Crippen LogP contribution in [0.15, 0.2) is 90.2 Å². The van der Waals surface area contributed by atoms with Crippen LogP contribution >= 0.6 is 12.2 Å². The summed E-state index contributed by atoms with van der Waals surface area (Å²) in [5.74, 6) is 0. The van der Waals surface area contributed by atoms with Crippen molar-refractivity contribution in [2.24, 2.45) is 5.10 Å². The number of anilines is 1. The first kappa shape index (κ1) is 18.8. The van der Waals surface area contributed by atoms with Crippen molar-refractivity contribution >= 4 is 28.7 Å². The Kier molecular flexibility index (Phi) is 7.29. The molecule has 2 aromatic carbocycles. The van der Waals surface area contributed by atoms with E-state index in [4.69, 9.17) is 12.2 Å². The maximum Gasteiger partial charge on any atom is 2.00 e. The number of hydrogen-bond acceptors (Lipinski definition) is 3. The predicted molar refractivity (Wildman–Crippen MR) is 102 cm³/mol. The Balaban J connectivity index is 0.00000225. The number of benzene rings is 2. The number of hydrazone groups is 1. The summed E-state index contributed by atoms with van der Waals surface area (Å²) in [6.07, 6.45) is 1.74. The monoisotopic (exact) mass is 395 g/mol. The third kappa shape index (κ3) is 5.50. The molecule has 4 nitrogen and oxygen atoms in total. The maximum absolute atomic E-state index is 5.30. The second-order valence-corrected chi connectivity index (χ2v) is 5.38. The van der Waals surface area contributed by atoms with E-state index in [0.717, 1.165) is 22.7 Å². The third-order valence-electron chi connectivity index (χ3n) is 3.26. The number of para-hydroxylation sites is 1. The first-order valence-corrected chi connectivity index (χ1v) is 7.90. The van der Waals surface area contributed by atoms with Crippen LogP contribution in [0.5, 0.6) is 0 Å². The van der Waals surface area contributed by atoms with E-state index in [1.807, 2.05) is 78.9 Å². The van der Waals surface area contributed by atoms with Gasteiger partial charge in [0.15, 0.2) is 5.11 Å². The Bertz CT molecular complexity index is 782. The molecule has 0 unspecified atom stereocenters. The standard InChI is InChI=1S/C19H16N4S.Cu/c24-19(21-16-11-5-2-6-12-16)23-22-18(15-9-3-1-4-10-15)17-13-7-8-14-20-17;/h1-14H,(H2,21,23,24);/q;+2. The summed E-state index contributed by atoms with van der Waals surface area (Å²) in [5.41, 5.74) is 6.27. The van der Waals surface area contributed by atoms with E-state index in [-0.39, 0.29) is 17.1 Å². The zero-order chi connectivity index (χ0) is 16.6. The fourth-order valence-corrected chi connectivity index (χ4v) is 2.32. The fourth-order valence-electron chi connectivity index (χ4n) is 2.16. The Labute approximate surface area is 162 Å². The molecular weight excluding hydrogens is 380 g/mol. The van der Waals surface area contributed by atoms with Crippen LogP contribution in [-0.4, -0.2) is 15.8 Å². The van der Waals surface area contributed by atoms with E-state index in [0.29, 0.717) is 5.11 Å². The summed E-state index contributed by atoms with van der Waals surface area (Å²) < 4.78 is 0. The van der Waals surface area contributed by atoms with Crippen LogP contribution < -0.4 is 10.7 Å². The second-order valence-electron chi connectivity index (χ2n) is 4.97. The molecule has 0 aliphatic carbocycles. The van der Waals surface area contributed by atoms with E-state index in [9.17, 15) is 0 Å². The number of aromatic nitrogens is 1. The van der Waals surface area contributed by atoms with Gasteiger partial charge in [-0.05, 0) is 36.5 Å². The van der Waals surface area contributed by atoms with Crippen molar-refractivity contribution in [3.63, 3.8) is 0 Å². The average molecular weight is 396 g/mol. The first-order chi connectivity index (χ1) is 11.8. The van der Waals surface area contributed by atoms with Crippen molar-refractivity contribution in [2.75, 3.05) is 5.32 Å². The van der Waals surface area contributed by atoms with Crippen LogP contribution in [-0.2, 0) is 17.1 Å². The molecule has 0 fully saturated rings. The second kappa shape index (κ2) is 9.69. The number of nitrogens with zero attached hydrogens (tertiary/aromatic N) is 2. The van der Waals surface area contributed by atoms with Crippen LogP contribution in [0, 0.1) is 0 Å². The molecule has 1 radical (unpaired) electrons. The van der Waals surface area contributed by atoms with E-state index >= 15 is 0 Å². The topological polar surface area (TPSA) is 49.3 Å². The average Bonchev–Trinajstić information content (AvgIpc) is 2.64. The third-order valence-corrected chi connectivity index (χ3v) is 3.45. The van der Waals surface area contributed by atoms with Gasteiger partial charge in [0.25, 0.3) is 0 Å². The zero-order valence-corrected chi connectivity index (χ0v) is 14.9. The Morgan fingerprint density at radius 2 is 1.48 bits per heavy atom. The number of hydrogen-bond donors (Lipinski definition) is 2. The summed E-state index contributed by atoms with van der Waals surface area (Å²) >= 11 is 5.30. The fraction of sp³-hybridized carbons (Fsp3) is 0. The molecule has 3 aromatic rings. The molecule has 0 aliphatic heterocycles. The number of thiocarbonyl (C=S) groups is 1. The van der Waals surface area contributed by atoms with Gasteiger partial charge in [-0.3, -0.25) is 10.4 Å². The molecule has 0 bridgehead atoms. The largest absolute Gasteiger partial charge is 2.00 e. The van der Waals surface area contributed by atoms with Gasteiger partial charge in [0, 0.05) is 17.4 Å². The summed E-state index contributed by atoms with van der Waals surface area (Å²) in [4.78, 5) is 4.38. The molecule has 1 aromatic heterocycles. The van der Waals surface area contributed by atoms with Crippen molar-refractivity contribution in [3.8, 4) is 0 Å². The van der Waals surface area contributed by atoms with Crippen molar-refractivity contribution in [3.05, 3.63) is 96.3 Å². The van der Waals surface area contributed by atoms with Gasteiger partial charge in [0.2, 0.25) is 0 Å². The van der Waals surface area contributed by atoms with E-state index < -0.39 is 0 Å². The van der Waals surface area contributed by atoms with Crippen molar-refractivity contribution < 1.29 is 17.1 Å². The van der Waals surface area contributed by atoms with Gasteiger partial charge in [0.05, 0.1) is 5.69 Å². The maximum atomic E-state index is 5.30. The normalized spacial score (nSPS) is 10.5. The van der Waals surface area contributed by atoms with Gasteiger partial charge in [0.1, 0.15) is 5.71 Å². The van der Waals surface area contributed by atoms with E-state index in [2.05, 4.69) is 20.8 Å². The smallest absolute Gasteiger partial charge is 0.331 e. The van der Waals surface area contributed by atoms with Gasteiger partial charge in [-0.1, -0.05) is 54.6 Å². The van der Waals surface area contributed by atoms with Crippen LogP contribution in [0.2, 0.25) is 0 Å². The Morgan fingerprint density at radius 1 is 0.840 bits per heavy atom. The van der Waals surface area contributed by atoms with Crippen LogP contribution in [0.4, 0.5) is 5.69 Å². The molecule has 3 rings (SSSR count). The van der Waals surface area contributed by atoms with Crippen LogP contribution in [0.3, 0.4) is 0 Å². The number of nitrogens with one attached hydrogen (secondary N) is 2. The molecule has 6 heteroatoms. The van der Waals surface area contributed by atoms with E-state index in [1.54, 1.807) is 6.20 Å². The SMILES string of the molecule is S=C(NN=C(c1ccccc1)c1ccccn1)Nc1ccccc1.[Cu+2]. The number of rotatable bonds is 4. The molecule has 0 spiro atoms. The van der Waals surface area contributed by atoms with Gasteiger partial charge in [-0.15, -0.1) is 0 Å². The van der Waals surface area contributed by atoms with Crippen molar-refractivity contribution in [2.45, 2.75) is 0 Å². The van der Waals surface area contributed by atoms with Gasteiger partial charge < -0.3 is 5.32 Å². The van der Waals surface area contributed by atoms with Crippen LogP contribution in [0.25, 0.3) is 0 Å². The quantitative estimate of drug-likeness (QED) is 0.305. The minimum absolute atomic E-state index is 0. The molecule has 0 saturated heterocycles. The Morgan fingerprint density at radius 3 is 2.12 bits per heavy atom. The van der Waals surface area contributed by atoms with Gasteiger partial charge in [-0.2, -0.15) is 5.10 Å². The summed E-state index contributed by atoms with van der Waals surface area (Å²) in [6.45, 7) is 0. The molecule has 25 heavy (non-hydrogen) atoms. The van der Waals surface area contributed by atoms with E-state index in [1.165, 1.54) is 0 Å². The molecule has 0 atom stereocenters. The van der Waals surface area contributed by atoms with Crippen molar-refractivity contribution in [1.29, 1.82) is 0 Å². The van der Waals surface area contributed by atoms with Crippen molar-refractivity contribution in [1.82, 2.24) is 10.4 Å². The Hall–Kier alpha value is -2.53. The molecule has 0 aliphatic rings. The van der Waals surface area contributed by atoms with Crippen LogP contribution in [0.1, 0.15) is 11.3 Å². The summed E-state index contributed by atoms with van der Waals surface area (Å²) in [6, 6.07) is 25.3. The molecule has 127 valence electrons. The first-order valence-electron chi connectivity index (χ1n) is 7.49. The van der Waals surface area contributed by atoms with Gasteiger partial charge >= 0.3 is 17.1 Å². The van der Waals surface area contributed by atoms with Gasteiger partial charge in [-0.25, -0.2) is 0 Å². The minimum Gasteiger partial charge on any atom is -0.331 e. The number of pyridine rings is 1. The molecule has 2 N–H and O–H groups in total. The predicted octanol–water partition coefficient (Wildman–Crippen LogP) is 3.82.